The molecule has 0 N–H and O–H groups in total. The Hall–Kier alpha value is -4.78. The highest BCUT2D eigenvalue weighted by Crippen LogP contribution is 2.30. The fraction of sp³-hybridized carbons (Fsp3) is 0. The highest BCUT2D eigenvalue weighted by Gasteiger charge is 2.32. The van der Waals surface area contributed by atoms with Crippen molar-refractivity contribution in [2.24, 2.45) is 5.10 Å². The van der Waals surface area contributed by atoms with Gasteiger partial charge >= 0.3 is 0 Å². The number of hydrogen-bond donors (Lipinski definition) is 0. The van der Waals surface area contributed by atoms with E-state index in [1.54, 1.807) is 30.3 Å². The Morgan fingerprint density at radius 2 is 1.55 bits per heavy atom. The minimum Gasteiger partial charge on any atom is -0.457 e. The van der Waals surface area contributed by atoms with Crippen LogP contribution in [0.1, 0.15) is 11.3 Å². The predicted octanol–water partition coefficient (Wildman–Crippen LogP) is 5.69. The molecule has 0 radical (unpaired) electrons. The largest absolute Gasteiger partial charge is 0.457 e. The van der Waals surface area contributed by atoms with E-state index >= 15 is 0 Å². The van der Waals surface area contributed by atoms with Gasteiger partial charge in [-0.25, -0.2) is 0 Å². The Labute approximate surface area is 189 Å². The molecule has 33 heavy (non-hydrogen) atoms. The zero-order valence-electron chi connectivity index (χ0n) is 17.3. The van der Waals surface area contributed by atoms with Gasteiger partial charge in [0.15, 0.2) is 0 Å². The molecule has 0 fully saturated rings. The van der Waals surface area contributed by atoms with Gasteiger partial charge in [-0.1, -0.05) is 60.7 Å². The second-order valence-corrected chi connectivity index (χ2v) is 7.33. The van der Waals surface area contributed by atoms with E-state index in [2.05, 4.69) is 5.10 Å². The SMILES string of the molecule is O=C1/C(=C\c2ccc(-c3cccc([N+](=O)[O-])c3)o2)C(c2ccccc2)=NN1c1ccccc1. The first-order chi connectivity index (χ1) is 16.1. The average molecular weight is 435 g/mol. The molecule has 0 bridgehead atoms. The molecule has 1 aliphatic rings. The Balaban J connectivity index is 1.54. The zero-order chi connectivity index (χ0) is 22.8. The van der Waals surface area contributed by atoms with Gasteiger partial charge in [0, 0.05) is 23.3 Å². The van der Waals surface area contributed by atoms with E-state index in [0.717, 1.165) is 5.56 Å². The number of furan rings is 1. The van der Waals surface area contributed by atoms with Gasteiger partial charge in [-0.2, -0.15) is 10.1 Å². The molecule has 0 saturated heterocycles. The van der Waals surface area contributed by atoms with Gasteiger partial charge in [-0.15, -0.1) is 0 Å². The lowest BCUT2D eigenvalue weighted by Crippen LogP contribution is -2.21. The Bertz CT molecular complexity index is 1410. The number of benzene rings is 3. The van der Waals surface area contributed by atoms with Crippen molar-refractivity contribution in [3.8, 4) is 11.3 Å². The summed E-state index contributed by atoms with van der Waals surface area (Å²) in [6, 6.07) is 28.3. The summed E-state index contributed by atoms with van der Waals surface area (Å²) in [7, 11) is 0. The van der Waals surface area contributed by atoms with Crippen molar-refractivity contribution >= 4 is 29.1 Å². The maximum absolute atomic E-state index is 13.3. The summed E-state index contributed by atoms with van der Waals surface area (Å²) in [5.41, 5.74) is 2.96. The quantitative estimate of drug-likeness (QED) is 0.229. The van der Waals surface area contributed by atoms with Crippen LogP contribution in [0.2, 0.25) is 0 Å². The van der Waals surface area contributed by atoms with E-state index < -0.39 is 4.92 Å². The van der Waals surface area contributed by atoms with E-state index in [-0.39, 0.29) is 11.6 Å². The van der Waals surface area contributed by atoms with Gasteiger partial charge < -0.3 is 4.42 Å². The van der Waals surface area contributed by atoms with Crippen LogP contribution >= 0.6 is 0 Å². The van der Waals surface area contributed by atoms with Gasteiger partial charge in [0.2, 0.25) is 0 Å². The van der Waals surface area contributed by atoms with Crippen molar-refractivity contribution in [3.63, 3.8) is 0 Å². The van der Waals surface area contributed by atoms with Crippen LogP contribution in [-0.4, -0.2) is 16.5 Å². The van der Waals surface area contributed by atoms with Gasteiger partial charge in [0.25, 0.3) is 11.6 Å². The van der Waals surface area contributed by atoms with Crippen LogP contribution in [0.3, 0.4) is 0 Å². The highest BCUT2D eigenvalue weighted by atomic mass is 16.6. The summed E-state index contributed by atoms with van der Waals surface area (Å²) >= 11 is 0. The second kappa shape index (κ2) is 8.39. The van der Waals surface area contributed by atoms with Crippen molar-refractivity contribution in [2.75, 3.05) is 5.01 Å². The smallest absolute Gasteiger partial charge is 0.281 e. The molecule has 0 aliphatic carbocycles. The summed E-state index contributed by atoms with van der Waals surface area (Å²) in [6.07, 6.45) is 1.65. The molecule has 3 aromatic carbocycles. The monoisotopic (exact) mass is 435 g/mol. The summed E-state index contributed by atoms with van der Waals surface area (Å²) < 4.78 is 5.92. The Morgan fingerprint density at radius 1 is 0.848 bits per heavy atom. The standard InChI is InChI=1S/C26H17N3O4/c30-26-23(17-22-14-15-24(33-22)19-10-7-13-21(16-19)29(31)32)25(18-8-3-1-4-9-18)27-28(26)20-11-5-2-6-12-20/h1-17H/b23-17-. The van der Waals surface area contributed by atoms with Crippen molar-refractivity contribution in [1.29, 1.82) is 0 Å². The lowest BCUT2D eigenvalue weighted by atomic mass is 10.0. The summed E-state index contributed by atoms with van der Waals surface area (Å²) in [4.78, 5) is 24.0. The molecule has 1 aliphatic heterocycles. The summed E-state index contributed by atoms with van der Waals surface area (Å²) in [5, 5.41) is 17.1. The van der Waals surface area contributed by atoms with Gasteiger partial charge in [-0.3, -0.25) is 14.9 Å². The molecule has 0 unspecified atom stereocenters. The third-order valence-corrected chi connectivity index (χ3v) is 5.18. The first kappa shape index (κ1) is 20.1. The zero-order valence-corrected chi connectivity index (χ0v) is 17.3. The fourth-order valence-corrected chi connectivity index (χ4v) is 3.60. The van der Waals surface area contributed by atoms with E-state index in [1.165, 1.54) is 17.1 Å². The number of anilines is 1. The van der Waals surface area contributed by atoms with Gasteiger partial charge in [0.05, 0.1) is 16.2 Å². The third-order valence-electron chi connectivity index (χ3n) is 5.18. The molecular formula is C26H17N3O4. The van der Waals surface area contributed by atoms with Gasteiger partial charge in [-0.05, 0) is 30.3 Å². The molecule has 2 heterocycles. The number of nitro groups is 1. The third kappa shape index (κ3) is 3.95. The molecule has 0 atom stereocenters. The van der Waals surface area contributed by atoms with E-state index in [0.29, 0.717) is 34.1 Å². The summed E-state index contributed by atoms with van der Waals surface area (Å²) in [5.74, 6) is 0.640. The second-order valence-electron chi connectivity index (χ2n) is 7.33. The number of hydrogen-bond acceptors (Lipinski definition) is 5. The molecule has 4 aromatic rings. The average Bonchev–Trinajstić information content (AvgIpc) is 3.45. The fourth-order valence-electron chi connectivity index (χ4n) is 3.60. The molecule has 7 heteroatoms. The van der Waals surface area contributed by atoms with Gasteiger partial charge in [0.1, 0.15) is 17.2 Å². The van der Waals surface area contributed by atoms with Crippen LogP contribution in [0.4, 0.5) is 11.4 Å². The first-order valence-electron chi connectivity index (χ1n) is 10.2. The molecule has 0 saturated carbocycles. The Morgan fingerprint density at radius 3 is 2.27 bits per heavy atom. The molecule has 0 spiro atoms. The number of carbonyl (C=O) groups excluding carboxylic acids is 1. The lowest BCUT2D eigenvalue weighted by molar-refractivity contribution is -0.384. The predicted molar refractivity (Wildman–Crippen MR) is 126 cm³/mol. The molecule has 160 valence electrons. The van der Waals surface area contributed by atoms with Crippen LogP contribution in [-0.2, 0) is 4.79 Å². The molecule has 1 aromatic heterocycles. The normalized spacial score (nSPS) is 14.5. The molecule has 5 rings (SSSR count). The molecule has 1 amide bonds. The molecular weight excluding hydrogens is 418 g/mol. The topological polar surface area (TPSA) is 88.9 Å². The maximum Gasteiger partial charge on any atom is 0.281 e. The number of rotatable bonds is 5. The molecule has 7 nitrogen and oxygen atoms in total. The van der Waals surface area contributed by atoms with Crippen molar-refractivity contribution in [1.82, 2.24) is 0 Å². The highest BCUT2D eigenvalue weighted by molar-refractivity contribution is 6.37. The number of non-ortho nitro benzene ring substituents is 1. The number of para-hydroxylation sites is 1. The Kier molecular flexibility index (Phi) is 5.12. The van der Waals surface area contributed by atoms with E-state index in [4.69, 9.17) is 4.42 Å². The van der Waals surface area contributed by atoms with Crippen LogP contribution in [0.15, 0.2) is 112 Å². The van der Waals surface area contributed by atoms with E-state index in [9.17, 15) is 14.9 Å². The van der Waals surface area contributed by atoms with Crippen LogP contribution < -0.4 is 5.01 Å². The minimum absolute atomic E-state index is 0.0215. The van der Waals surface area contributed by atoms with Crippen molar-refractivity contribution in [3.05, 3.63) is 124 Å². The van der Waals surface area contributed by atoms with E-state index in [1.807, 2.05) is 60.7 Å². The van der Waals surface area contributed by atoms with Crippen molar-refractivity contribution < 1.29 is 14.1 Å². The number of nitrogens with zero attached hydrogens (tertiary/aromatic N) is 3. The van der Waals surface area contributed by atoms with Crippen molar-refractivity contribution in [2.45, 2.75) is 0 Å². The maximum atomic E-state index is 13.3. The first-order valence-corrected chi connectivity index (χ1v) is 10.2. The number of nitro benzene ring substituents is 1. The summed E-state index contributed by atoms with van der Waals surface area (Å²) in [6.45, 7) is 0. The number of hydrazone groups is 1. The number of carbonyl (C=O) groups is 1. The van der Waals surface area contributed by atoms with Crippen LogP contribution in [0.25, 0.3) is 17.4 Å². The van der Waals surface area contributed by atoms with Crippen LogP contribution in [0.5, 0.6) is 0 Å². The minimum atomic E-state index is -0.451. The van der Waals surface area contributed by atoms with Crippen LogP contribution in [0, 0.1) is 10.1 Å². The lowest BCUT2D eigenvalue weighted by Gasteiger charge is -2.10. The number of amides is 1.